The summed E-state index contributed by atoms with van der Waals surface area (Å²) in [5.41, 5.74) is 0. The van der Waals surface area contributed by atoms with Gasteiger partial charge in [-0.15, -0.1) is 0 Å². The Labute approximate surface area is 441 Å². The monoisotopic (exact) mass is 1040 g/mol. The number of aliphatic hydroxyl groups is 7. The van der Waals surface area contributed by atoms with Crippen molar-refractivity contribution < 1.29 is 69.0 Å². The van der Waals surface area contributed by atoms with Gasteiger partial charge in [0.25, 0.3) is 0 Å². The smallest absolute Gasteiger partial charge is 0.306 e. The fourth-order valence-electron chi connectivity index (χ4n) is 8.86. The number of hydrogen-bond acceptors (Lipinski definition) is 14. The summed E-state index contributed by atoms with van der Waals surface area (Å²) in [7, 11) is 0. The highest BCUT2D eigenvalue weighted by Crippen LogP contribution is 2.26. The lowest BCUT2D eigenvalue weighted by molar-refractivity contribution is -0.332. The van der Waals surface area contributed by atoms with Crippen LogP contribution < -0.4 is 0 Å². The first kappa shape index (κ1) is 66.8. The van der Waals surface area contributed by atoms with Crippen LogP contribution >= 0.6 is 0 Å². The first-order valence-corrected chi connectivity index (χ1v) is 28.9. The van der Waals surface area contributed by atoms with Gasteiger partial charge in [-0.25, -0.2) is 0 Å². The van der Waals surface area contributed by atoms with Crippen LogP contribution in [0.3, 0.4) is 0 Å². The lowest BCUT2D eigenvalue weighted by Crippen LogP contribution is -2.61. The lowest BCUT2D eigenvalue weighted by Gasteiger charge is -2.42. The van der Waals surface area contributed by atoms with E-state index in [1.165, 1.54) is 96.3 Å². The molecule has 424 valence electrons. The number of allylic oxidation sites excluding steroid dienone is 10. The molecule has 0 aromatic heterocycles. The number of carbonyl (C=O) groups excluding carboxylic acids is 1. The predicted molar refractivity (Wildman–Crippen MR) is 289 cm³/mol. The van der Waals surface area contributed by atoms with Gasteiger partial charge < -0.3 is 64.2 Å². The van der Waals surface area contributed by atoms with Gasteiger partial charge in [0, 0.05) is 13.0 Å². The molecule has 11 atom stereocenters. The fourth-order valence-corrected chi connectivity index (χ4v) is 8.86. The van der Waals surface area contributed by atoms with Gasteiger partial charge in [0.1, 0.15) is 54.9 Å². The predicted octanol–water partition coefficient (Wildman–Crippen LogP) is 10.1. The molecule has 7 N–H and O–H groups in total. The van der Waals surface area contributed by atoms with E-state index in [9.17, 15) is 40.5 Å². The zero-order valence-electron chi connectivity index (χ0n) is 45.4. The maximum atomic E-state index is 13.0. The molecule has 0 aliphatic carbocycles. The van der Waals surface area contributed by atoms with Gasteiger partial charge in [-0.3, -0.25) is 4.79 Å². The number of aliphatic hydroxyl groups excluding tert-OH is 7. The summed E-state index contributed by atoms with van der Waals surface area (Å²) in [6.45, 7) is 3.55. The standard InChI is InChI=1S/C59H104O14/c1-3-5-7-9-11-13-15-17-18-19-20-21-22-23-24-25-26-27-28-29-31-33-35-37-39-41-43-68-45-48(71-51(61)42-40-38-36-34-32-30-16-14-12-10-8-6-4-2)46-69-58-57(67)55(65)53(63)50(73-58)47-70-59-56(66)54(64)52(62)49(44-60)72-59/h5,7,11,13-14,16-18,20-21,48-50,52-60,62-67H,3-4,6,8-10,12,15,19,22-47H2,1-2H3/b7-5-,13-11-,16-14-,18-17-,21-20-. The van der Waals surface area contributed by atoms with E-state index in [2.05, 4.69) is 74.6 Å². The maximum Gasteiger partial charge on any atom is 0.306 e. The van der Waals surface area contributed by atoms with E-state index < -0.39 is 80.7 Å². The first-order valence-electron chi connectivity index (χ1n) is 28.9. The van der Waals surface area contributed by atoms with Crippen LogP contribution in [0.4, 0.5) is 0 Å². The van der Waals surface area contributed by atoms with Crippen molar-refractivity contribution in [3.8, 4) is 0 Å². The molecule has 11 unspecified atom stereocenters. The summed E-state index contributed by atoms with van der Waals surface area (Å²) in [4.78, 5) is 13.0. The molecule has 0 bridgehead atoms. The molecule has 73 heavy (non-hydrogen) atoms. The average molecular weight is 1040 g/mol. The van der Waals surface area contributed by atoms with E-state index in [0.717, 1.165) is 83.5 Å². The minimum Gasteiger partial charge on any atom is -0.457 e. The molecule has 0 saturated carbocycles. The fraction of sp³-hybridized carbons (Fsp3) is 0.814. The van der Waals surface area contributed by atoms with Crippen molar-refractivity contribution in [3.63, 3.8) is 0 Å². The molecule has 0 spiro atoms. The molecule has 0 amide bonds. The number of rotatable bonds is 46. The topological polar surface area (TPSA) is 214 Å². The van der Waals surface area contributed by atoms with E-state index in [0.29, 0.717) is 13.0 Å². The molecule has 14 nitrogen and oxygen atoms in total. The minimum atomic E-state index is -1.71. The Morgan fingerprint density at radius 3 is 1.41 bits per heavy atom. The molecule has 2 aliphatic heterocycles. The Bertz CT molecular complexity index is 1440. The molecule has 2 saturated heterocycles. The normalized spacial score (nSPS) is 25.4. The van der Waals surface area contributed by atoms with Crippen molar-refractivity contribution in [1.29, 1.82) is 0 Å². The summed E-state index contributed by atoms with van der Waals surface area (Å²) in [5, 5.41) is 72.3. The van der Waals surface area contributed by atoms with Crippen LogP contribution in [0.25, 0.3) is 0 Å². The van der Waals surface area contributed by atoms with Crippen LogP contribution in [-0.2, 0) is 33.2 Å². The summed E-state index contributed by atoms with van der Waals surface area (Å²) < 4.78 is 34.4. The van der Waals surface area contributed by atoms with E-state index in [-0.39, 0.29) is 25.6 Å². The van der Waals surface area contributed by atoms with Crippen molar-refractivity contribution >= 4 is 5.97 Å². The first-order chi connectivity index (χ1) is 35.6. The van der Waals surface area contributed by atoms with Crippen LogP contribution in [0.2, 0.25) is 0 Å². The Morgan fingerprint density at radius 1 is 0.466 bits per heavy atom. The summed E-state index contributed by atoms with van der Waals surface area (Å²) >= 11 is 0. The SMILES string of the molecule is CC/C=C\C/C=C\C/C=C\C/C=C\CCCCCCCCCCCCCCCOCC(COC1OC(COC2OC(CO)C(O)C(O)C2O)C(O)C(O)C1O)OC(=O)CCCCCCC/C=C\CCCCCC. The van der Waals surface area contributed by atoms with Gasteiger partial charge in [0.2, 0.25) is 0 Å². The Balaban J connectivity index is 1.67. The van der Waals surface area contributed by atoms with Crippen LogP contribution in [0, 0.1) is 0 Å². The molecular formula is C59H104O14. The third kappa shape index (κ3) is 32.8. The maximum absolute atomic E-state index is 13.0. The molecule has 2 aliphatic rings. The molecule has 0 aromatic carbocycles. The van der Waals surface area contributed by atoms with Crippen molar-refractivity contribution in [2.45, 2.75) is 274 Å². The van der Waals surface area contributed by atoms with E-state index >= 15 is 0 Å². The van der Waals surface area contributed by atoms with Crippen molar-refractivity contribution in [2.24, 2.45) is 0 Å². The van der Waals surface area contributed by atoms with Crippen LogP contribution in [0.15, 0.2) is 60.8 Å². The molecule has 2 heterocycles. The number of unbranched alkanes of at least 4 members (excludes halogenated alkanes) is 22. The summed E-state index contributed by atoms with van der Waals surface area (Å²) in [6, 6.07) is 0. The molecule has 0 aromatic rings. The van der Waals surface area contributed by atoms with Crippen molar-refractivity contribution in [2.75, 3.05) is 33.0 Å². The number of hydrogen-bond donors (Lipinski definition) is 7. The second-order valence-corrected chi connectivity index (χ2v) is 20.1. The van der Waals surface area contributed by atoms with Crippen LogP contribution in [-0.4, -0.2) is 142 Å². The molecule has 2 rings (SSSR count). The third-order valence-electron chi connectivity index (χ3n) is 13.5. The van der Waals surface area contributed by atoms with Crippen molar-refractivity contribution in [1.82, 2.24) is 0 Å². The molecular weight excluding hydrogens is 933 g/mol. The number of ether oxygens (including phenoxy) is 6. The van der Waals surface area contributed by atoms with Gasteiger partial charge in [-0.1, -0.05) is 184 Å². The van der Waals surface area contributed by atoms with Gasteiger partial charge in [0.15, 0.2) is 12.6 Å². The van der Waals surface area contributed by atoms with Gasteiger partial charge in [-0.2, -0.15) is 0 Å². The largest absolute Gasteiger partial charge is 0.457 e. The Kier molecular flexibility index (Phi) is 42.0. The quantitative estimate of drug-likeness (QED) is 0.0172. The van der Waals surface area contributed by atoms with Gasteiger partial charge in [-0.05, 0) is 77.0 Å². The van der Waals surface area contributed by atoms with E-state index in [1.807, 2.05) is 0 Å². The highest BCUT2D eigenvalue weighted by atomic mass is 16.7. The lowest BCUT2D eigenvalue weighted by atomic mass is 9.98. The third-order valence-corrected chi connectivity index (χ3v) is 13.5. The second-order valence-electron chi connectivity index (χ2n) is 20.1. The number of carbonyl (C=O) groups is 1. The average Bonchev–Trinajstić information content (AvgIpc) is 3.39. The van der Waals surface area contributed by atoms with Gasteiger partial charge >= 0.3 is 5.97 Å². The van der Waals surface area contributed by atoms with Crippen molar-refractivity contribution in [3.05, 3.63) is 60.8 Å². The zero-order valence-corrected chi connectivity index (χ0v) is 45.4. The van der Waals surface area contributed by atoms with Crippen LogP contribution in [0.1, 0.15) is 206 Å². The van der Waals surface area contributed by atoms with Gasteiger partial charge in [0.05, 0.1) is 26.4 Å². The van der Waals surface area contributed by atoms with Crippen LogP contribution in [0.5, 0.6) is 0 Å². The minimum absolute atomic E-state index is 0.0563. The summed E-state index contributed by atoms with van der Waals surface area (Å²) in [5.74, 6) is -0.386. The highest BCUT2D eigenvalue weighted by Gasteiger charge is 2.47. The van der Waals surface area contributed by atoms with E-state index in [4.69, 9.17) is 28.4 Å². The Hall–Kier alpha value is -2.31. The molecule has 2 fully saturated rings. The second kappa shape index (κ2) is 45.8. The Morgan fingerprint density at radius 2 is 0.890 bits per heavy atom. The number of esters is 1. The zero-order chi connectivity index (χ0) is 53.0. The summed E-state index contributed by atoms with van der Waals surface area (Å²) in [6.07, 6.45) is 40.0. The molecule has 14 heteroatoms. The highest BCUT2D eigenvalue weighted by molar-refractivity contribution is 5.69. The molecule has 0 radical (unpaired) electrons. The van der Waals surface area contributed by atoms with E-state index in [1.54, 1.807) is 0 Å².